The van der Waals surface area contributed by atoms with Crippen molar-refractivity contribution in [1.29, 1.82) is 0 Å². The van der Waals surface area contributed by atoms with Gasteiger partial charge in [-0.05, 0) is 30.4 Å². The van der Waals surface area contributed by atoms with Crippen molar-refractivity contribution in [2.24, 2.45) is 5.92 Å². The molecule has 0 bridgehead atoms. The molecule has 5 nitrogen and oxygen atoms in total. The molecule has 122 valence electrons. The van der Waals surface area contributed by atoms with E-state index < -0.39 is 25.9 Å². The molecule has 1 aliphatic carbocycles. The van der Waals surface area contributed by atoms with Gasteiger partial charge >= 0.3 is 0 Å². The van der Waals surface area contributed by atoms with Gasteiger partial charge in [-0.3, -0.25) is 0 Å². The van der Waals surface area contributed by atoms with Crippen molar-refractivity contribution < 1.29 is 16.8 Å². The summed E-state index contributed by atoms with van der Waals surface area (Å²) in [4.78, 5) is 0.250. The lowest BCUT2D eigenvalue weighted by molar-refractivity contribution is 0.383. The Morgan fingerprint density at radius 2 is 1.77 bits per heavy atom. The van der Waals surface area contributed by atoms with Crippen LogP contribution in [0.15, 0.2) is 29.2 Å². The fraction of sp³-hybridized carbons (Fsp3) is 0.600. The van der Waals surface area contributed by atoms with Gasteiger partial charge in [0.2, 0.25) is 10.0 Å². The number of benzene rings is 1. The number of nitrogens with one attached hydrogen (secondary N) is 1. The summed E-state index contributed by atoms with van der Waals surface area (Å²) in [5.74, 6) is 0.113. The van der Waals surface area contributed by atoms with Gasteiger partial charge in [0.05, 0.1) is 22.4 Å². The van der Waals surface area contributed by atoms with Gasteiger partial charge in [-0.1, -0.05) is 37.5 Å². The highest BCUT2D eigenvalue weighted by molar-refractivity contribution is 7.92. The maximum Gasteiger partial charge on any atom is 0.212 e. The lowest BCUT2D eigenvalue weighted by atomic mass is 9.91. The molecule has 7 heteroatoms. The first-order valence-electron chi connectivity index (χ1n) is 7.69. The van der Waals surface area contributed by atoms with Crippen LogP contribution in [-0.2, 0) is 19.9 Å². The van der Waals surface area contributed by atoms with E-state index in [-0.39, 0.29) is 22.3 Å². The van der Waals surface area contributed by atoms with Crippen molar-refractivity contribution in [3.63, 3.8) is 0 Å². The van der Waals surface area contributed by atoms with Crippen molar-refractivity contribution in [3.8, 4) is 0 Å². The maximum atomic E-state index is 12.4. The number of hydrogen-bond donors (Lipinski definition) is 1. The van der Waals surface area contributed by atoms with E-state index in [2.05, 4.69) is 4.72 Å². The number of fused-ring (bicyclic) bond motifs is 1. The molecular weight excluding hydrogens is 322 g/mol. The van der Waals surface area contributed by atoms with Crippen LogP contribution in [-0.4, -0.2) is 28.3 Å². The third kappa shape index (κ3) is 3.36. The first-order valence-corrected chi connectivity index (χ1v) is 11.0. The van der Waals surface area contributed by atoms with Crippen LogP contribution >= 0.6 is 0 Å². The second kappa shape index (κ2) is 5.94. The number of hydrogen-bond acceptors (Lipinski definition) is 4. The Labute approximate surface area is 132 Å². The van der Waals surface area contributed by atoms with Crippen molar-refractivity contribution >= 4 is 19.9 Å². The van der Waals surface area contributed by atoms with Crippen LogP contribution in [0.4, 0.5) is 0 Å². The molecule has 0 spiro atoms. The summed E-state index contributed by atoms with van der Waals surface area (Å²) >= 11 is 0. The molecular formula is C15H21NO4S2. The largest absolute Gasteiger partial charge is 0.224 e. The van der Waals surface area contributed by atoms with E-state index in [1.807, 2.05) is 0 Å². The molecule has 0 amide bonds. The van der Waals surface area contributed by atoms with Gasteiger partial charge in [0.1, 0.15) is 0 Å². The van der Waals surface area contributed by atoms with Gasteiger partial charge in [-0.15, -0.1) is 0 Å². The van der Waals surface area contributed by atoms with Crippen molar-refractivity contribution in [2.45, 2.75) is 43.0 Å². The average Bonchev–Trinajstić information content (AvgIpc) is 2.70. The van der Waals surface area contributed by atoms with Gasteiger partial charge in [0.25, 0.3) is 0 Å². The standard InChI is InChI=1S/C15H21NO4S2/c17-21(18)11-14(13-8-4-5-9-15(13)21)16-22(19,20)10-12-6-2-1-3-7-12/h4-5,8-9,12,14,16H,1-3,6-7,10-11H2/t14-/m0/s1. The minimum atomic E-state index is -3.47. The summed E-state index contributed by atoms with van der Waals surface area (Å²) in [5, 5.41) is 0. The van der Waals surface area contributed by atoms with E-state index in [1.54, 1.807) is 24.3 Å². The molecule has 3 rings (SSSR count). The first-order chi connectivity index (χ1) is 10.4. The molecule has 1 aromatic carbocycles. The van der Waals surface area contributed by atoms with E-state index in [0.29, 0.717) is 5.56 Å². The predicted molar refractivity (Wildman–Crippen MR) is 84.7 cm³/mol. The molecule has 1 N–H and O–H groups in total. The Kier molecular flexibility index (Phi) is 4.31. The van der Waals surface area contributed by atoms with Crippen molar-refractivity contribution in [2.75, 3.05) is 11.5 Å². The smallest absolute Gasteiger partial charge is 0.212 e. The van der Waals surface area contributed by atoms with Gasteiger partial charge in [-0.25, -0.2) is 21.6 Å². The zero-order chi connectivity index (χ0) is 15.8. The van der Waals surface area contributed by atoms with Crippen LogP contribution in [0.25, 0.3) is 0 Å². The summed E-state index contributed by atoms with van der Waals surface area (Å²) in [6, 6.07) is 5.97. The van der Waals surface area contributed by atoms with Gasteiger partial charge in [0.15, 0.2) is 9.84 Å². The summed E-state index contributed by atoms with van der Waals surface area (Å²) < 4.78 is 51.6. The second-order valence-electron chi connectivity index (χ2n) is 6.28. The van der Waals surface area contributed by atoms with Crippen LogP contribution in [0.3, 0.4) is 0 Å². The normalized spacial score (nSPS) is 25.0. The van der Waals surface area contributed by atoms with Crippen LogP contribution in [0.5, 0.6) is 0 Å². The molecule has 1 atom stereocenters. The SMILES string of the molecule is O=S(=O)(CC1CCCCC1)N[C@H]1CS(=O)(=O)c2ccccc21. The van der Waals surface area contributed by atoms with Crippen LogP contribution in [0.1, 0.15) is 43.7 Å². The minimum absolute atomic E-state index is 0.103. The number of sulfone groups is 1. The highest BCUT2D eigenvalue weighted by Gasteiger charge is 2.37. The van der Waals surface area contributed by atoms with E-state index in [1.165, 1.54) is 6.42 Å². The fourth-order valence-corrected chi connectivity index (χ4v) is 7.01. The maximum absolute atomic E-state index is 12.4. The van der Waals surface area contributed by atoms with Gasteiger partial charge in [0, 0.05) is 0 Å². The zero-order valence-corrected chi connectivity index (χ0v) is 14.0. The Hall–Kier alpha value is -0.920. The van der Waals surface area contributed by atoms with Crippen LogP contribution in [0.2, 0.25) is 0 Å². The molecule has 0 unspecified atom stereocenters. The highest BCUT2D eigenvalue weighted by Crippen LogP contribution is 2.34. The molecule has 1 fully saturated rings. The lowest BCUT2D eigenvalue weighted by Gasteiger charge is -2.22. The van der Waals surface area contributed by atoms with E-state index >= 15 is 0 Å². The third-order valence-corrected chi connectivity index (χ3v) is 7.89. The Morgan fingerprint density at radius 3 is 2.50 bits per heavy atom. The highest BCUT2D eigenvalue weighted by atomic mass is 32.2. The van der Waals surface area contributed by atoms with Crippen LogP contribution < -0.4 is 4.72 Å². The molecule has 1 aromatic rings. The molecule has 1 saturated carbocycles. The number of rotatable bonds is 4. The van der Waals surface area contributed by atoms with E-state index in [4.69, 9.17) is 0 Å². The van der Waals surface area contributed by atoms with Crippen molar-refractivity contribution in [3.05, 3.63) is 29.8 Å². The van der Waals surface area contributed by atoms with E-state index in [9.17, 15) is 16.8 Å². The van der Waals surface area contributed by atoms with Crippen LogP contribution in [0, 0.1) is 5.92 Å². The summed E-state index contributed by atoms with van der Waals surface area (Å²) in [6.07, 6.45) is 5.24. The Morgan fingerprint density at radius 1 is 1.09 bits per heavy atom. The van der Waals surface area contributed by atoms with Gasteiger partial charge < -0.3 is 0 Å². The molecule has 22 heavy (non-hydrogen) atoms. The molecule has 0 aromatic heterocycles. The lowest BCUT2D eigenvalue weighted by Crippen LogP contribution is -2.34. The molecule has 1 aliphatic heterocycles. The molecule has 2 aliphatic rings. The fourth-order valence-electron chi connectivity index (χ4n) is 3.48. The topological polar surface area (TPSA) is 80.3 Å². The summed E-state index contributed by atoms with van der Waals surface area (Å²) in [6.45, 7) is 0. The zero-order valence-electron chi connectivity index (χ0n) is 12.4. The molecule has 0 radical (unpaired) electrons. The van der Waals surface area contributed by atoms with E-state index in [0.717, 1.165) is 25.7 Å². The average molecular weight is 343 g/mol. The minimum Gasteiger partial charge on any atom is -0.224 e. The third-order valence-electron chi connectivity index (χ3n) is 4.52. The second-order valence-corrected chi connectivity index (χ2v) is 10.1. The van der Waals surface area contributed by atoms with Crippen molar-refractivity contribution in [1.82, 2.24) is 4.72 Å². The Bertz CT molecular complexity index is 750. The molecule has 0 saturated heterocycles. The number of sulfonamides is 1. The quantitative estimate of drug-likeness (QED) is 0.907. The van der Waals surface area contributed by atoms with Gasteiger partial charge in [-0.2, -0.15) is 0 Å². The molecule has 1 heterocycles. The monoisotopic (exact) mass is 343 g/mol. The predicted octanol–water partition coefficient (Wildman–Crippen LogP) is 2.01. The summed E-state index contributed by atoms with van der Waals surface area (Å²) in [7, 11) is -6.86. The Balaban J connectivity index is 1.76. The first kappa shape index (κ1) is 16.0. The summed E-state index contributed by atoms with van der Waals surface area (Å²) in [5.41, 5.74) is 0.565.